The molecule has 5 heteroatoms. The molecule has 1 aromatic carbocycles. The van der Waals surface area contributed by atoms with E-state index in [1.165, 1.54) is 37.1 Å². The van der Waals surface area contributed by atoms with Crippen molar-refractivity contribution in [1.82, 2.24) is 14.9 Å². The number of nitrogens with one attached hydrogen (secondary N) is 1. The fraction of sp³-hybridized carbons (Fsp3) is 0.474. The number of nitrogens with zero attached hydrogens (tertiary/aromatic N) is 3. The summed E-state index contributed by atoms with van der Waals surface area (Å²) in [6.07, 6.45) is 2.56. The van der Waals surface area contributed by atoms with Crippen LogP contribution in [0.1, 0.15) is 24.0 Å². The Morgan fingerprint density at radius 2 is 1.96 bits per heavy atom. The summed E-state index contributed by atoms with van der Waals surface area (Å²) in [5, 5.41) is 3.62. The summed E-state index contributed by atoms with van der Waals surface area (Å²) in [6.45, 7) is 7.83. The second-order valence-corrected chi connectivity index (χ2v) is 7.13. The highest BCUT2D eigenvalue weighted by Crippen LogP contribution is 2.31. The number of fused-ring (bicyclic) bond motifs is 3. The van der Waals surface area contributed by atoms with Gasteiger partial charge in [0.05, 0.1) is 5.69 Å². The minimum Gasteiger partial charge on any atom is -0.368 e. The maximum absolute atomic E-state index is 5.99. The van der Waals surface area contributed by atoms with Gasteiger partial charge in [0.25, 0.3) is 0 Å². The first-order valence-electron chi connectivity index (χ1n) is 8.80. The van der Waals surface area contributed by atoms with Crippen LogP contribution < -0.4 is 11.1 Å². The Labute approximate surface area is 143 Å². The fourth-order valence-corrected chi connectivity index (χ4v) is 4.02. The molecule has 3 N–H and O–H groups in total. The lowest BCUT2D eigenvalue weighted by Gasteiger charge is -2.45. The van der Waals surface area contributed by atoms with Gasteiger partial charge < -0.3 is 16.0 Å². The van der Waals surface area contributed by atoms with Crippen molar-refractivity contribution in [2.45, 2.75) is 32.7 Å². The highest BCUT2D eigenvalue weighted by atomic mass is 15.2. The molecule has 1 atom stereocenters. The molecule has 5 rings (SSSR count). The second-order valence-electron chi connectivity index (χ2n) is 7.13. The van der Waals surface area contributed by atoms with Crippen LogP contribution in [0.3, 0.4) is 0 Å². The van der Waals surface area contributed by atoms with Gasteiger partial charge in [-0.3, -0.25) is 0 Å². The van der Waals surface area contributed by atoms with Crippen LogP contribution in [0.2, 0.25) is 0 Å². The van der Waals surface area contributed by atoms with Crippen LogP contribution in [0.5, 0.6) is 0 Å². The third kappa shape index (κ3) is 2.84. The van der Waals surface area contributed by atoms with Crippen molar-refractivity contribution >= 4 is 11.8 Å². The van der Waals surface area contributed by atoms with Gasteiger partial charge in [-0.25, -0.2) is 4.98 Å². The molecule has 5 nitrogen and oxygen atoms in total. The van der Waals surface area contributed by atoms with Crippen molar-refractivity contribution in [1.29, 1.82) is 0 Å². The Kier molecular flexibility index (Phi) is 3.88. The Bertz CT molecular complexity index is 749. The number of aryl methyl sites for hydroxylation is 1. The minimum absolute atomic E-state index is 0.331. The third-order valence-corrected chi connectivity index (χ3v) is 5.61. The van der Waals surface area contributed by atoms with Gasteiger partial charge in [0.15, 0.2) is 0 Å². The first kappa shape index (κ1) is 15.4. The van der Waals surface area contributed by atoms with Gasteiger partial charge in [0.2, 0.25) is 5.95 Å². The molecule has 3 aliphatic rings. The Morgan fingerprint density at radius 3 is 2.67 bits per heavy atom. The van der Waals surface area contributed by atoms with Gasteiger partial charge in [0.1, 0.15) is 5.82 Å². The van der Waals surface area contributed by atoms with Crippen LogP contribution in [0, 0.1) is 19.8 Å². The van der Waals surface area contributed by atoms with E-state index in [2.05, 4.69) is 52.2 Å². The smallest absolute Gasteiger partial charge is 0.222 e. The fourth-order valence-electron chi connectivity index (χ4n) is 4.02. The maximum atomic E-state index is 5.99. The average Bonchev–Trinajstić information content (AvgIpc) is 2.58. The van der Waals surface area contributed by atoms with E-state index in [1.807, 2.05) is 6.07 Å². The molecular formula is C19H25N5. The molecule has 0 amide bonds. The quantitative estimate of drug-likeness (QED) is 0.909. The number of piperidine rings is 3. The topological polar surface area (TPSA) is 67.1 Å². The standard InChI is InChI=1S/C19H25N5/c1-12-4-3-5-15(13(12)2)16-10-18(23-19(20)22-16)21-17-11-24-8-6-14(17)7-9-24/h3-5,10,14,17H,6-9,11H2,1-2H3,(H3,20,21,22,23)/t17-/m0/s1. The van der Waals surface area contributed by atoms with E-state index in [9.17, 15) is 0 Å². The molecule has 24 heavy (non-hydrogen) atoms. The number of benzene rings is 1. The van der Waals surface area contributed by atoms with Crippen molar-refractivity contribution < 1.29 is 0 Å². The highest BCUT2D eigenvalue weighted by Gasteiger charge is 2.34. The minimum atomic E-state index is 0.331. The van der Waals surface area contributed by atoms with Crippen LogP contribution in [0.15, 0.2) is 24.3 Å². The van der Waals surface area contributed by atoms with Gasteiger partial charge in [-0.1, -0.05) is 18.2 Å². The van der Waals surface area contributed by atoms with Crippen molar-refractivity contribution in [2.24, 2.45) is 5.92 Å². The van der Waals surface area contributed by atoms with Crippen LogP contribution in [0.4, 0.5) is 11.8 Å². The van der Waals surface area contributed by atoms with E-state index in [0.29, 0.717) is 12.0 Å². The summed E-state index contributed by atoms with van der Waals surface area (Å²) < 4.78 is 0. The Morgan fingerprint density at radius 1 is 1.17 bits per heavy atom. The first-order valence-corrected chi connectivity index (χ1v) is 8.80. The number of rotatable bonds is 3. The van der Waals surface area contributed by atoms with Crippen LogP contribution in [-0.2, 0) is 0 Å². The van der Waals surface area contributed by atoms with E-state index in [1.54, 1.807) is 0 Å². The zero-order valence-electron chi connectivity index (χ0n) is 14.4. The summed E-state index contributed by atoms with van der Waals surface area (Å²) >= 11 is 0. The Balaban J connectivity index is 1.63. The van der Waals surface area contributed by atoms with Crippen molar-refractivity contribution in [3.05, 3.63) is 35.4 Å². The third-order valence-electron chi connectivity index (χ3n) is 5.61. The average molecular weight is 323 g/mol. The number of hydrogen-bond acceptors (Lipinski definition) is 5. The van der Waals surface area contributed by atoms with Crippen molar-refractivity contribution in [3.63, 3.8) is 0 Å². The monoisotopic (exact) mass is 323 g/mol. The molecule has 0 radical (unpaired) electrons. The number of anilines is 2. The molecule has 4 heterocycles. The van der Waals surface area contributed by atoms with Gasteiger partial charge >= 0.3 is 0 Å². The van der Waals surface area contributed by atoms with Crippen molar-refractivity contribution in [3.8, 4) is 11.3 Å². The van der Waals surface area contributed by atoms with E-state index >= 15 is 0 Å². The van der Waals surface area contributed by atoms with E-state index < -0.39 is 0 Å². The van der Waals surface area contributed by atoms with Gasteiger partial charge in [-0.05, 0) is 56.8 Å². The molecule has 0 aliphatic carbocycles. The number of nitrogen functional groups attached to an aromatic ring is 1. The largest absolute Gasteiger partial charge is 0.368 e. The molecule has 0 spiro atoms. The summed E-state index contributed by atoms with van der Waals surface area (Å²) in [5.74, 6) is 1.92. The SMILES string of the molecule is Cc1cccc(-c2cc(N[C@H]3CN4CCC3CC4)nc(N)n2)c1C. The normalized spacial score (nSPS) is 25.7. The van der Waals surface area contributed by atoms with E-state index in [0.717, 1.165) is 29.5 Å². The summed E-state index contributed by atoms with van der Waals surface area (Å²) in [7, 11) is 0. The zero-order chi connectivity index (χ0) is 16.7. The van der Waals surface area contributed by atoms with Gasteiger partial charge in [-0.15, -0.1) is 0 Å². The second kappa shape index (κ2) is 6.06. The van der Waals surface area contributed by atoms with Crippen LogP contribution in [0.25, 0.3) is 11.3 Å². The summed E-state index contributed by atoms with van der Waals surface area (Å²) in [4.78, 5) is 11.4. The number of aromatic nitrogens is 2. The molecule has 2 bridgehead atoms. The molecular weight excluding hydrogens is 298 g/mol. The maximum Gasteiger partial charge on any atom is 0.222 e. The molecule has 0 unspecified atom stereocenters. The lowest BCUT2D eigenvalue weighted by Crippen LogP contribution is -2.53. The van der Waals surface area contributed by atoms with E-state index in [4.69, 9.17) is 5.73 Å². The summed E-state index contributed by atoms with van der Waals surface area (Å²) in [5.41, 5.74) is 10.5. The number of nitrogens with two attached hydrogens (primary N) is 1. The summed E-state index contributed by atoms with van der Waals surface area (Å²) in [6, 6.07) is 8.79. The first-order chi connectivity index (χ1) is 11.6. The Hall–Kier alpha value is -2.14. The molecule has 3 fully saturated rings. The molecule has 126 valence electrons. The predicted molar refractivity (Wildman–Crippen MR) is 97.9 cm³/mol. The molecule has 1 aromatic heterocycles. The number of hydrogen-bond donors (Lipinski definition) is 2. The van der Waals surface area contributed by atoms with Gasteiger partial charge in [0, 0.05) is 24.2 Å². The molecule has 3 saturated heterocycles. The van der Waals surface area contributed by atoms with Gasteiger partial charge in [-0.2, -0.15) is 4.98 Å². The lowest BCUT2D eigenvalue weighted by atomic mass is 9.84. The van der Waals surface area contributed by atoms with Crippen LogP contribution >= 0.6 is 0 Å². The predicted octanol–water partition coefficient (Wildman–Crippen LogP) is 2.85. The molecule has 0 saturated carbocycles. The van der Waals surface area contributed by atoms with Crippen LogP contribution in [-0.4, -0.2) is 40.5 Å². The zero-order valence-corrected chi connectivity index (χ0v) is 14.4. The molecule has 2 aromatic rings. The highest BCUT2D eigenvalue weighted by molar-refractivity contribution is 5.68. The van der Waals surface area contributed by atoms with E-state index in [-0.39, 0.29) is 0 Å². The van der Waals surface area contributed by atoms with Crippen molar-refractivity contribution in [2.75, 3.05) is 30.7 Å². The lowest BCUT2D eigenvalue weighted by molar-refractivity contribution is 0.0974. The molecule has 3 aliphatic heterocycles.